The lowest BCUT2D eigenvalue weighted by atomic mass is 10.1. The molecule has 0 unspecified atom stereocenters. The van der Waals surface area contributed by atoms with Gasteiger partial charge in [-0.2, -0.15) is 8.78 Å². The van der Waals surface area contributed by atoms with Gasteiger partial charge < -0.3 is 14.7 Å². The van der Waals surface area contributed by atoms with Crippen molar-refractivity contribution in [2.45, 2.75) is 25.5 Å². The first-order chi connectivity index (χ1) is 9.11. The van der Waals surface area contributed by atoms with Crippen molar-refractivity contribution in [3.05, 3.63) is 29.8 Å². The van der Waals surface area contributed by atoms with Gasteiger partial charge >= 0.3 is 6.61 Å². The van der Waals surface area contributed by atoms with E-state index < -0.39 is 6.61 Å². The minimum absolute atomic E-state index is 0.0411. The fourth-order valence-electron chi connectivity index (χ4n) is 2.26. The third-order valence-corrected chi connectivity index (χ3v) is 3.15. The lowest BCUT2D eigenvalue weighted by Crippen LogP contribution is -2.37. The van der Waals surface area contributed by atoms with E-state index in [1.807, 2.05) is 0 Å². The number of amides is 1. The highest BCUT2D eigenvalue weighted by atomic mass is 19.3. The Labute approximate surface area is 109 Å². The van der Waals surface area contributed by atoms with Gasteiger partial charge in [-0.25, -0.2) is 0 Å². The van der Waals surface area contributed by atoms with Crippen molar-refractivity contribution in [3.8, 4) is 5.75 Å². The second kappa shape index (κ2) is 5.97. The molecule has 0 saturated carbocycles. The summed E-state index contributed by atoms with van der Waals surface area (Å²) in [5, 5.41) is 9.19. The molecule has 1 heterocycles. The summed E-state index contributed by atoms with van der Waals surface area (Å²) in [4.78, 5) is 13.8. The number of carbonyl (C=O) groups is 1. The van der Waals surface area contributed by atoms with E-state index >= 15 is 0 Å². The topological polar surface area (TPSA) is 49.8 Å². The summed E-state index contributed by atoms with van der Waals surface area (Å²) < 4.78 is 28.5. The standard InChI is InChI=1S/C13H15F2NO3/c14-13(15)19-11-5-1-3-9(7-11)12(18)16-6-2-4-10(16)8-17/h1,3,5,7,10,13,17H,2,4,6,8H2/t10-/m0/s1. The molecule has 19 heavy (non-hydrogen) atoms. The molecule has 1 aromatic carbocycles. The van der Waals surface area contributed by atoms with Crippen LogP contribution in [0.1, 0.15) is 23.2 Å². The molecular weight excluding hydrogens is 256 g/mol. The third-order valence-electron chi connectivity index (χ3n) is 3.15. The Hall–Kier alpha value is -1.69. The van der Waals surface area contributed by atoms with Gasteiger partial charge in [-0.15, -0.1) is 0 Å². The zero-order valence-electron chi connectivity index (χ0n) is 10.3. The van der Waals surface area contributed by atoms with Crippen LogP contribution in [0.15, 0.2) is 24.3 Å². The largest absolute Gasteiger partial charge is 0.435 e. The summed E-state index contributed by atoms with van der Waals surface area (Å²) in [7, 11) is 0. The number of alkyl halides is 2. The SMILES string of the molecule is O=C(c1cccc(OC(F)F)c1)N1CCC[C@H]1CO. The predicted octanol–water partition coefficient (Wildman–Crippen LogP) is 1.88. The Morgan fingerprint density at radius 2 is 2.32 bits per heavy atom. The molecule has 0 spiro atoms. The average molecular weight is 271 g/mol. The van der Waals surface area contributed by atoms with Gasteiger partial charge in [0.1, 0.15) is 5.75 Å². The van der Waals surface area contributed by atoms with E-state index in [1.165, 1.54) is 18.2 Å². The highest BCUT2D eigenvalue weighted by Crippen LogP contribution is 2.22. The Balaban J connectivity index is 2.14. The van der Waals surface area contributed by atoms with E-state index in [0.717, 1.165) is 12.8 Å². The van der Waals surface area contributed by atoms with Crippen LogP contribution in [0.2, 0.25) is 0 Å². The van der Waals surface area contributed by atoms with Crippen LogP contribution in [0.3, 0.4) is 0 Å². The van der Waals surface area contributed by atoms with Crippen molar-refractivity contribution >= 4 is 5.91 Å². The maximum Gasteiger partial charge on any atom is 0.387 e. The zero-order chi connectivity index (χ0) is 13.8. The highest BCUT2D eigenvalue weighted by molar-refractivity contribution is 5.95. The molecule has 1 aromatic rings. The highest BCUT2D eigenvalue weighted by Gasteiger charge is 2.28. The fourth-order valence-corrected chi connectivity index (χ4v) is 2.26. The molecule has 0 bridgehead atoms. The summed E-state index contributed by atoms with van der Waals surface area (Å²) in [5.74, 6) is -0.308. The van der Waals surface area contributed by atoms with Crippen molar-refractivity contribution in [2.75, 3.05) is 13.2 Å². The van der Waals surface area contributed by atoms with Crippen molar-refractivity contribution in [2.24, 2.45) is 0 Å². The van der Waals surface area contributed by atoms with E-state index in [4.69, 9.17) is 0 Å². The van der Waals surface area contributed by atoms with Gasteiger partial charge in [0.15, 0.2) is 0 Å². The van der Waals surface area contributed by atoms with Crippen LogP contribution in [-0.2, 0) is 0 Å². The third kappa shape index (κ3) is 3.20. The minimum atomic E-state index is -2.91. The Bertz CT molecular complexity index is 453. The molecule has 104 valence electrons. The zero-order valence-corrected chi connectivity index (χ0v) is 10.3. The molecule has 1 fully saturated rings. The molecule has 6 heteroatoms. The molecule has 1 atom stereocenters. The van der Waals surface area contributed by atoms with Crippen molar-refractivity contribution in [3.63, 3.8) is 0 Å². The van der Waals surface area contributed by atoms with E-state index in [-0.39, 0.29) is 24.3 Å². The van der Waals surface area contributed by atoms with Gasteiger partial charge in [0.05, 0.1) is 12.6 Å². The van der Waals surface area contributed by atoms with E-state index in [9.17, 15) is 18.7 Å². The van der Waals surface area contributed by atoms with E-state index in [0.29, 0.717) is 12.1 Å². The molecule has 4 nitrogen and oxygen atoms in total. The van der Waals surface area contributed by atoms with Crippen LogP contribution in [0, 0.1) is 0 Å². The molecule has 1 aliphatic heterocycles. The fraction of sp³-hybridized carbons (Fsp3) is 0.462. The van der Waals surface area contributed by atoms with Gasteiger partial charge in [0.25, 0.3) is 5.91 Å². The lowest BCUT2D eigenvalue weighted by Gasteiger charge is -2.23. The molecule has 1 amide bonds. The molecule has 1 saturated heterocycles. The smallest absolute Gasteiger partial charge is 0.387 e. The van der Waals surface area contributed by atoms with Crippen LogP contribution >= 0.6 is 0 Å². The number of benzene rings is 1. The maximum absolute atomic E-state index is 12.2. The number of hydrogen-bond acceptors (Lipinski definition) is 3. The number of aliphatic hydroxyl groups excluding tert-OH is 1. The van der Waals surface area contributed by atoms with Crippen LogP contribution in [0.4, 0.5) is 8.78 Å². The number of halogens is 2. The van der Waals surface area contributed by atoms with Gasteiger partial charge in [-0.05, 0) is 31.0 Å². The molecule has 0 aliphatic carbocycles. The predicted molar refractivity (Wildman–Crippen MR) is 64.2 cm³/mol. The summed E-state index contributed by atoms with van der Waals surface area (Å²) in [6, 6.07) is 5.52. The molecule has 0 aromatic heterocycles. The molecule has 1 aliphatic rings. The Kier molecular flexibility index (Phi) is 4.31. The van der Waals surface area contributed by atoms with Crippen LogP contribution in [-0.4, -0.2) is 41.7 Å². The number of aliphatic hydroxyl groups is 1. The summed E-state index contributed by atoms with van der Waals surface area (Å²) >= 11 is 0. The Morgan fingerprint density at radius 1 is 1.53 bits per heavy atom. The lowest BCUT2D eigenvalue weighted by molar-refractivity contribution is -0.0499. The second-order valence-electron chi connectivity index (χ2n) is 4.38. The van der Waals surface area contributed by atoms with Crippen molar-refractivity contribution in [1.29, 1.82) is 0 Å². The van der Waals surface area contributed by atoms with E-state index in [1.54, 1.807) is 11.0 Å². The summed E-state index contributed by atoms with van der Waals surface area (Å²) in [6.45, 7) is -2.43. The maximum atomic E-state index is 12.2. The first-order valence-electron chi connectivity index (χ1n) is 6.08. The number of ether oxygens (including phenoxy) is 1. The van der Waals surface area contributed by atoms with Crippen LogP contribution < -0.4 is 4.74 Å². The normalized spacial score (nSPS) is 18.9. The number of rotatable bonds is 4. The van der Waals surface area contributed by atoms with Gasteiger partial charge in [0, 0.05) is 12.1 Å². The van der Waals surface area contributed by atoms with Gasteiger partial charge in [0.2, 0.25) is 0 Å². The molecule has 1 N–H and O–H groups in total. The monoisotopic (exact) mass is 271 g/mol. The second-order valence-corrected chi connectivity index (χ2v) is 4.38. The number of likely N-dealkylation sites (tertiary alicyclic amines) is 1. The van der Waals surface area contributed by atoms with Gasteiger partial charge in [-0.3, -0.25) is 4.79 Å². The van der Waals surface area contributed by atoms with Crippen LogP contribution in [0.25, 0.3) is 0 Å². The minimum Gasteiger partial charge on any atom is -0.435 e. The summed E-state index contributed by atoms with van der Waals surface area (Å²) in [6.07, 6.45) is 1.60. The van der Waals surface area contributed by atoms with E-state index in [2.05, 4.69) is 4.74 Å². The number of carbonyl (C=O) groups excluding carboxylic acids is 1. The Morgan fingerprint density at radius 3 is 3.00 bits per heavy atom. The van der Waals surface area contributed by atoms with Crippen LogP contribution in [0.5, 0.6) is 5.75 Å². The first kappa shape index (κ1) is 13.7. The van der Waals surface area contributed by atoms with Gasteiger partial charge in [-0.1, -0.05) is 6.07 Å². The first-order valence-corrected chi connectivity index (χ1v) is 6.08. The quantitative estimate of drug-likeness (QED) is 0.909. The number of nitrogens with zero attached hydrogens (tertiary/aromatic N) is 1. The number of hydrogen-bond donors (Lipinski definition) is 1. The van der Waals surface area contributed by atoms with Crippen molar-refractivity contribution < 1.29 is 23.4 Å². The summed E-state index contributed by atoms with van der Waals surface area (Å²) in [5.41, 5.74) is 0.290. The molecular formula is C13H15F2NO3. The molecule has 2 rings (SSSR count). The van der Waals surface area contributed by atoms with Crippen molar-refractivity contribution in [1.82, 2.24) is 4.90 Å². The molecule has 0 radical (unpaired) electrons. The average Bonchev–Trinajstić information content (AvgIpc) is 2.85.